The first-order valence-electron chi connectivity index (χ1n) is 11.1. The Bertz CT molecular complexity index is 1100. The van der Waals surface area contributed by atoms with Crippen LogP contribution in [0.5, 0.6) is 5.75 Å². The Kier molecular flexibility index (Phi) is 5.67. The molecule has 6 nitrogen and oxygen atoms in total. The molecule has 0 aromatic heterocycles. The van der Waals surface area contributed by atoms with Gasteiger partial charge in [0.05, 0.1) is 6.54 Å². The van der Waals surface area contributed by atoms with E-state index in [0.717, 1.165) is 34.9 Å². The minimum absolute atomic E-state index is 0.0144. The highest BCUT2D eigenvalue weighted by Crippen LogP contribution is 2.30. The molecule has 2 aliphatic heterocycles. The quantitative estimate of drug-likeness (QED) is 0.602. The summed E-state index contributed by atoms with van der Waals surface area (Å²) in [6.07, 6.45) is 1.01. The number of ether oxygens (including phenoxy) is 2. The van der Waals surface area contributed by atoms with Crippen molar-refractivity contribution in [3.63, 3.8) is 0 Å². The number of carbonyl (C=O) groups is 2. The Balaban J connectivity index is 1.14. The van der Waals surface area contributed by atoms with E-state index in [9.17, 15) is 9.59 Å². The first kappa shape index (κ1) is 20.4. The van der Waals surface area contributed by atoms with Gasteiger partial charge < -0.3 is 19.3 Å². The number of likely N-dealkylation sites (tertiary alicyclic amines) is 1. The van der Waals surface area contributed by atoms with Crippen LogP contribution >= 0.6 is 0 Å². The molecule has 0 aliphatic carbocycles. The predicted octanol–water partition coefficient (Wildman–Crippen LogP) is 4.40. The summed E-state index contributed by atoms with van der Waals surface area (Å²) in [5, 5.41) is 2.09. The summed E-state index contributed by atoms with van der Waals surface area (Å²) in [4.78, 5) is 28.8. The second-order valence-corrected chi connectivity index (χ2v) is 8.31. The summed E-state index contributed by atoms with van der Waals surface area (Å²) < 4.78 is 11.5. The smallest absolute Gasteiger partial charge is 0.410 e. The lowest BCUT2D eigenvalue weighted by Gasteiger charge is -2.35. The Labute approximate surface area is 187 Å². The van der Waals surface area contributed by atoms with Gasteiger partial charge in [0.25, 0.3) is 5.91 Å². The SMILES string of the molecule is O=C(COc1cccc2ccccc12)N1CCC(N2CC(c3ccccc3)OC2=O)CC1. The number of benzene rings is 3. The minimum Gasteiger partial charge on any atom is -0.483 e. The van der Waals surface area contributed by atoms with E-state index in [0.29, 0.717) is 19.6 Å². The highest BCUT2D eigenvalue weighted by Gasteiger charge is 2.38. The molecule has 2 heterocycles. The molecular formula is C26H26N2O4. The zero-order valence-corrected chi connectivity index (χ0v) is 17.9. The Hall–Kier alpha value is -3.54. The van der Waals surface area contributed by atoms with Crippen molar-refractivity contribution >= 4 is 22.8 Å². The van der Waals surface area contributed by atoms with E-state index in [4.69, 9.17) is 9.47 Å². The summed E-state index contributed by atoms with van der Waals surface area (Å²) in [5.74, 6) is 0.695. The number of nitrogens with zero attached hydrogens (tertiary/aromatic N) is 2. The van der Waals surface area contributed by atoms with Crippen molar-refractivity contribution < 1.29 is 19.1 Å². The van der Waals surface area contributed by atoms with Gasteiger partial charge in [-0.05, 0) is 29.9 Å². The van der Waals surface area contributed by atoms with Crippen LogP contribution in [0.25, 0.3) is 10.8 Å². The van der Waals surface area contributed by atoms with Gasteiger partial charge in [0, 0.05) is 24.5 Å². The van der Waals surface area contributed by atoms with Gasteiger partial charge in [0.15, 0.2) is 6.61 Å². The summed E-state index contributed by atoms with van der Waals surface area (Å²) >= 11 is 0. The molecule has 2 amide bonds. The normalized spacial score (nSPS) is 19.2. The molecule has 0 bridgehead atoms. The molecule has 2 saturated heterocycles. The van der Waals surface area contributed by atoms with Crippen molar-refractivity contribution in [3.05, 3.63) is 78.4 Å². The molecule has 1 atom stereocenters. The average molecular weight is 431 g/mol. The first-order valence-corrected chi connectivity index (χ1v) is 11.1. The van der Waals surface area contributed by atoms with E-state index >= 15 is 0 Å². The standard InChI is InChI=1S/C26H26N2O4/c29-25(18-31-23-12-6-10-19-7-4-5-11-22(19)23)27-15-13-21(14-16-27)28-17-24(32-26(28)30)20-8-2-1-3-9-20/h1-12,21,24H,13-18H2. The Morgan fingerprint density at radius 2 is 1.66 bits per heavy atom. The van der Waals surface area contributed by atoms with E-state index in [1.54, 1.807) is 0 Å². The van der Waals surface area contributed by atoms with Crippen LogP contribution < -0.4 is 4.74 Å². The van der Waals surface area contributed by atoms with Crippen LogP contribution in [0.1, 0.15) is 24.5 Å². The zero-order chi connectivity index (χ0) is 21.9. The van der Waals surface area contributed by atoms with Crippen molar-refractivity contribution in [2.24, 2.45) is 0 Å². The highest BCUT2D eigenvalue weighted by atomic mass is 16.6. The molecule has 0 N–H and O–H groups in total. The number of fused-ring (bicyclic) bond motifs is 1. The van der Waals surface area contributed by atoms with Crippen LogP contribution in [-0.4, -0.2) is 54.1 Å². The monoisotopic (exact) mass is 430 g/mol. The molecule has 32 heavy (non-hydrogen) atoms. The van der Waals surface area contributed by atoms with E-state index < -0.39 is 0 Å². The van der Waals surface area contributed by atoms with Gasteiger partial charge in [0.1, 0.15) is 11.9 Å². The maximum atomic E-state index is 12.7. The van der Waals surface area contributed by atoms with Crippen LogP contribution in [0, 0.1) is 0 Å². The van der Waals surface area contributed by atoms with Gasteiger partial charge in [-0.15, -0.1) is 0 Å². The predicted molar refractivity (Wildman–Crippen MR) is 121 cm³/mol. The molecule has 3 aromatic rings. The van der Waals surface area contributed by atoms with Crippen LogP contribution in [0.3, 0.4) is 0 Å². The molecular weight excluding hydrogens is 404 g/mol. The van der Waals surface area contributed by atoms with Crippen LogP contribution in [-0.2, 0) is 9.53 Å². The summed E-state index contributed by atoms with van der Waals surface area (Å²) in [7, 11) is 0. The van der Waals surface area contributed by atoms with Crippen LogP contribution in [0.2, 0.25) is 0 Å². The van der Waals surface area contributed by atoms with E-state index in [1.807, 2.05) is 82.6 Å². The molecule has 164 valence electrons. The minimum atomic E-state index is -0.261. The Morgan fingerprint density at radius 1 is 0.938 bits per heavy atom. The highest BCUT2D eigenvalue weighted by molar-refractivity contribution is 5.88. The van der Waals surface area contributed by atoms with E-state index in [-0.39, 0.29) is 30.8 Å². The molecule has 5 rings (SSSR count). The maximum absolute atomic E-state index is 12.7. The van der Waals surface area contributed by atoms with Crippen LogP contribution in [0.15, 0.2) is 72.8 Å². The van der Waals surface area contributed by atoms with Crippen molar-refractivity contribution in [1.29, 1.82) is 0 Å². The molecule has 0 spiro atoms. The van der Waals surface area contributed by atoms with Gasteiger partial charge in [-0.2, -0.15) is 0 Å². The lowest BCUT2D eigenvalue weighted by molar-refractivity contribution is -0.134. The largest absolute Gasteiger partial charge is 0.483 e. The molecule has 0 radical (unpaired) electrons. The summed E-state index contributed by atoms with van der Waals surface area (Å²) in [5.41, 5.74) is 1.02. The van der Waals surface area contributed by atoms with Gasteiger partial charge in [0.2, 0.25) is 0 Å². The molecule has 3 aromatic carbocycles. The maximum Gasteiger partial charge on any atom is 0.410 e. The third kappa shape index (κ3) is 4.13. The number of carbonyl (C=O) groups excluding carboxylic acids is 2. The lowest BCUT2D eigenvalue weighted by atomic mass is 10.0. The van der Waals surface area contributed by atoms with Crippen molar-refractivity contribution in [1.82, 2.24) is 9.80 Å². The van der Waals surface area contributed by atoms with E-state index in [2.05, 4.69) is 0 Å². The van der Waals surface area contributed by atoms with Crippen LogP contribution in [0.4, 0.5) is 4.79 Å². The number of cyclic esters (lactones) is 1. The molecule has 6 heteroatoms. The van der Waals surface area contributed by atoms with Gasteiger partial charge in [-0.25, -0.2) is 4.79 Å². The number of hydrogen-bond donors (Lipinski definition) is 0. The second kappa shape index (κ2) is 8.91. The molecule has 2 aliphatic rings. The first-order chi connectivity index (χ1) is 15.7. The summed E-state index contributed by atoms with van der Waals surface area (Å²) in [6, 6.07) is 23.8. The number of rotatable bonds is 5. The number of piperidine rings is 1. The third-order valence-electron chi connectivity index (χ3n) is 6.37. The zero-order valence-electron chi connectivity index (χ0n) is 17.9. The summed E-state index contributed by atoms with van der Waals surface area (Å²) in [6.45, 7) is 1.80. The molecule has 2 fully saturated rings. The van der Waals surface area contributed by atoms with Gasteiger partial charge in [-0.1, -0.05) is 66.7 Å². The fourth-order valence-electron chi connectivity index (χ4n) is 4.60. The fraction of sp³-hybridized carbons (Fsp3) is 0.308. The van der Waals surface area contributed by atoms with Crippen molar-refractivity contribution in [2.45, 2.75) is 25.0 Å². The molecule has 1 unspecified atom stereocenters. The number of hydrogen-bond acceptors (Lipinski definition) is 4. The topological polar surface area (TPSA) is 59.1 Å². The number of amides is 2. The Morgan fingerprint density at radius 3 is 2.47 bits per heavy atom. The third-order valence-corrected chi connectivity index (χ3v) is 6.37. The fourth-order valence-corrected chi connectivity index (χ4v) is 4.60. The lowest BCUT2D eigenvalue weighted by Crippen LogP contribution is -2.48. The van der Waals surface area contributed by atoms with Crippen molar-refractivity contribution in [3.8, 4) is 5.75 Å². The van der Waals surface area contributed by atoms with Gasteiger partial charge in [-0.3, -0.25) is 4.79 Å². The second-order valence-electron chi connectivity index (χ2n) is 8.31. The van der Waals surface area contributed by atoms with Gasteiger partial charge >= 0.3 is 6.09 Å². The molecule has 0 saturated carbocycles. The average Bonchev–Trinajstić information content (AvgIpc) is 3.24. The van der Waals surface area contributed by atoms with E-state index in [1.165, 1.54) is 0 Å². The van der Waals surface area contributed by atoms with Crippen molar-refractivity contribution in [2.75, 3.05) is 26.2 Å².